The minimum atomic E-state index is -0.620. The zero-order valence-corrected chi connectivity index (χ0v) is 15.9. The minimum absolute atomic E-state index is 0.186. The Hall–Kier alpha value is -2.61. The lowest BCUT2D eigenvalue weighted by molar-refractivity contribution is -0.134. The van der Waals surface area contributed by atoms with Crippen molar-refractivity contribution in [3.63, 3.8) is 0 Å². The van der Waals surface area contributed by atoms with E-state index in [1.54, 1.807) is 26.1 Å². The van der Waals surface area contributed by atoms with E-state index in [0.717, 1.165) is 15.6 Å². The Bertz CT molecular complexity index is 912. The summed E-state index contributed by atoms with van der Waals surface area (Å²) in [5.41, 5.74) is 1.53. The molecule has 2 aromatic carbocycles. The molecule has 0 saturated heterocycles. The lowest BCUT2D eigenvalue weighted by Gasteiger charge is -2.20. The highest BCUT2D eigenvalue weighted by Crippen LogP contribution is 2.18. The van der Waals surface area contributed by atoms with Gasteiger partial charge < -0.3 is 4.90 Å². The van der Waals surface area contributed by atoms with Crippen LogP contribution in [-0.4, -0.2) is 38.1 Å². The van der Waals surface area contributed by atoms with Crippen LogP contribution in [0.15, 0.2) is 53.0 Å². The van der Waals surface area contributed by atoms with Gasteiger partial charge in [0.05, 0.1) is 0 Å². The molecule has 8 heteroatoms. The van der Waals surface area contributed by atoms with Crippen molar-refractivity contribution < 1.29 is 9.18 Å². The van der Waals surface area contributed by atoms with Crippen LogP contribution in [0.2, 0.25) is 0 Å². The van der Waals surface area contributed by atoms with E-state index in [4.69, 9.17) is 0 Å². The lowest BCUT2D eigenvalue weighted by atomic mass is 10.2. The van der Waals surface area contributed by atoms with Crippen LogP contribution in [0.1, 0.15) is 18.5 Å². The summed E-state index contributed by atoms with van der Waals surface area (Å²) in [6.45, 7) is 2.01. The highest BCUT2D eigenvalue weighted by molar-refractivity contribution is 9.10. The van der Waals surface area contributed by atoms with Crippen LogP contribution in [0.4, 0.5) is 4.39 Å². The average molecular weight is 418 g/mol. The molecule has 6 nitrogen and oxygen atoms in total. The number of carbonyl (C=O) groups is 1. The molecule has 0 saturated carbocycles. The fraction of sp³-hybridized carbons (Fsp3) is 0.222. The fourth-order valence-corrected chi connectivity index (χ4v) is 2.77. The smallest absolute Gasteiger partial charge is 0.249 e. The molecule has 0 aliphatic rings. The largest absolute Gasteiger partial charge is 0.340 e. The van der Waals surface area contributed by atoms with Crippen LogP contribution in [0, 0.1) is 5.82 Å². The molecule has 0 fully saturated rings. The number of amides is 1. The quantitative estimate of drug-likeness (QED) is 0.637. The van der Waals surface area contributed by atoms with E-state index < -0.39 is 6.04 Å². The molecule has 0 aliphatic carbocycles. The summed E-state index contributed by atoms with van der Waals surface area (Å²) in [5.74, 6) is -0.0626. The van der Waals surface area contributed by atoms with Gasteiger partial charge in [0.2, 0.25) is 11.7 Å². The highest BCUT2D eigenvalue weighted by atomic mass is 79.9. The van der Waals surface area contributed by atoms with Gasteiger partial charge in [0, 0.05) is 23.6 Å². The molecule has 0 N–H and O–H groups in total. The third kappa shape index (κ3) is 4.13. The molecule has 0 aliphatic heterocycles. The lowest BCUT2D eigenvalue weighted by Crippen LogP contribution is -2.33. The summed E-state index contributed by atoms with van der Waals surface area (Å²) in [5, 5.41) is 12.3. The van der Waals surface area contributed by atoms with Crippen molar-refractivity contribution in [1.82, 2.24) is 25.1 Å². The number of benzene rings is 2. The molecular formula is C18H17BrFN5O. The number of carbonyl (C=O) groups excluding carboxylic acids is 1. The summed E-state index contributed by atoms with van der Waals surface area (Å²) in [6.07, 6.45) is 0. The number of hydrogen-bond acceptors (Lipinski definition) is 4. The first-order chi connectivity index (χ1) is 12.4. The Labute approximate surface area is 158 Å². The third-order valence-corrected chi connectivity index (χ3v) is 4.45. The molecule has 134 valence electrons. The van der Waals surface area contributed by atoms with Gasteiger partial charge in [0.25, 0.3) is 0 Å². The molecule has 1 aromatic heterocycles. The zero-order chi connectivity index (χ0) is 18.7. The number of likely N-dealkylation sites (N-methyl/N-ethyl adjacent to an activating group) is 1. The van der Waals surface area contributed by atoms with Gasteiger partial charge in [-0.3, -0.25) is 4.79 Å². The standard InChI is InChI=1S/C18H17BrFN5O/c1-12(18(26)24(2)11-13-4-3-5-16(20)10-13)25-22-17(21-23-25)14-6-8-15(19)9-7-14/h3-10,12H,11H2,1-2H3. The van der Waals surface area contributed by atoms with Crippen molar-refractivity contribution in [2.75, 3.05) is 7.05 Å². The van der Waals surface area contributed by atoms with Crippen molar-refractivity contribution in [3.8, 4) is 11.4 Å². The normalized spacial score (nSPS) is 12.0. The molecule has 3 rings (SSSR count). The van der Waals surface area contributed by atoms with Gasteiger partial charge in [-0.05, 0) is 54.1 Å². The maximum absolute atomic E-state index is 13.3. The van der Waals surface area contributed by atoms with Crippen molar-refractivity contribution in [3.05, 3.63) is 64.4 Å². The van der Waals surface area contributed by atoms with E-state index >= 15 is 0 Å². The Morgan fingerprint density at radius 1 is 1.27 bits per heavy atom. The summed E-state index contributed by atoms with van der Waals surface area (Å²) < 4.78 is 14.2. The Kier molecular flexibility index (Phi) is 5.41. The number of halogens is 2. The number of tetrazole rings is 1. The number of nitrogens with zero attached hydrogens (tertiary/aromatic N) is 5. The maximum Gasteiger partial charge on any atom is 0.249 e. The van der Waals surface area contributed by atoms with Gasteiger partial charge in [-0.2, -0.15) is 4.80 Å². The molecule has 0 spiro atoms. The second-order valence-electron chi connectivity index (χ2n) is 5.94. The number of rotatable bonds is 5. The molecule has 1 atom stereocenters. The van der Waals surface area contributed by atoms with Crippen molar-refractivity contribution >= 4 is 21.8 Å². The molecule has 1 unspecified atom stereocenters. The number of hydrogen-bond donors (Lipinski definition) is 0. The maximum atomic E-state index is 13.3. The zero-order valence-electron chi connectivity index (χ0n) is 14.3. The molecular weight excluding hydrogens is 401 g/mol. The molecule has 0 radical (unpaired) electrons. The summed E-state index contributed by atoms with van der Waals surface area (Å²) >= 11 is 3.38. The first-order valence-corrected chi connectivity index (χ1v) is 8.78. The minimum Gasteiger partial charge on any atom is -0.340 e. The van der Waals surface area contributed by atoms with Crippen molar-refractivity contribution in [1.29, 1.82) is 0 Å². The second kappa shape index (κ2) is 7.74. The summed E-state index contributed by atoms with van der Waals surface area (Å²) in [7, 11) is 1.66. The van der Waals surface area contributed by atoms with Gasteiger partial charge in [-0.1, -0.05) is 28.1 Å². The van der Waals surface area contributed by atoms with Gasteiger partial charge in [-0.25, -0.2) is 4.39 Å². The van der Waals surface area contributed by atoms with Crippen LogP contribution < -0.4 is 0 Å². The van der Waals surface area contributed by atoms with E-state index in [9.17, 15) is 9.18 Å². The fourth-order valence-electron chi connectivity index (χ4n) is 2.51. The van der Waals surface area contributed by atoms with E-state index in [2.05, 4.69) is 31.3 Å². The molecule has 26 heavy (non-hydrogen) atoms. The van der Waals surface area contributed by atoms with Crippen LogP contribution in [0.25, 0.3) is 11.4 Å². The highest BCUT2D eigenvalue weighted by Gasteiger charge is 2.22. The summed E-state index contributed by atoms with van der Waals surface area (Å²) in [4.78, 5) is 15.4. The van der Waals surface area contributed by atoms with Gasteiger partial charge in [-0.15, -0.1) is 10.2 Å². The molecule has 3 aromatic rings. The van der Waals surface area contributed by atoms with Gasteiger partial charge >= 0.3 is 0 Å². The van der Waals surface area contributed by atoms with E-state index in [0.29, 0.717) is 12.4 Å². The predicted molar refractivity (Wildman–Crippen MR) is 98.5 cm³/mol. The SMILES string of the molecule is CC(C(=O)N(C)Cc1cccc(F)c1)n1nnc(-c2ccc(Br)cc2)n1. The average Bonchev–Trinajstić information content (AvgIpc) is 3.11. The topological polar surface area (TPSA) is 63.9 Å². The van der Waals surface area contributed by atoms with Crippen LogP contribution in [0.3, 0.4) is 0 Å². The Balaban J connectivity index is 1.71. The molecule has 0 bridgehead atoms. The van der Waals surface area contributed by atoms with Gasteiger partial charge in [0.15, 0.2) is 0 Å². The third-order valence-electron chi connectivity index (χ3n) is 3.92. The number of aromatic nitrogens is 4. The van der Waals surface area contributed by atoms with E-state index in [1.165, 1.54) is 21.8 Å². The van der Waals surface area contributed by atoms with Crippen LogP contribution in [-0.2, 0) is 11.3 Å². The van der Waals surface area contributed by atoms with Crippen molar-refractivity contribution in [2.24, 2.45) is 0 Å². The second-order valence-corrected chi connectivity index (χ2v) is 6.86. The first-order valence-electron chi connectivity index (χ1n) is 7.99. The first kappa shape index (κ1) is 18.2. The summed E-state index contributed by atoms with van der Waals surface area (Å²) in [6, 6.07) is 13.1. The predicted octanol–water partition coefficient (Wildman–Crippen LogP) is 3.46. The van der Waals surface area contributed by atoms with E-state index in [1.807, 2.05) is 24.3 Å². The van der Waals surface area contributed by atoms with Gasteiger partial charge in [0.1, 0.15) is 11.9 Å². The monoisotopic (exact) mass is 417 g/mol. The molecule has 1 amide bonds. The molecule has 1 heterocycles. The van der Waals surface area contributed by atoms with E-state index in [-0.39, 0.29) is 11.7 Å². The van der Waals surface area contributed by atoms with Crippen LogP contribution in [0.5, 0.6) is 0 Å². The van der Waals surface area contributed by atoms with Crippen LogP contribution >= 0.6 is 15.9 Å². The Morgan fingerprint density at radius 2 is 2.00 bits per heavy atom. The Morgan fingerprint density at radius 3 is 2.69 bits per heavy atom. The van der Waals surface area contributed by atoms with Crippen molar-refractivity contribution in [2.45, 2.75) is 19.5 Å².